The van der Waals surface area contributed by atoms with Crippen molar-refractivity contribution in [1.82, 2.24) is 14.8 Å². The molecule has 0 saturated heterocycles. The van der Waals surface area contributed by atoms with Gasteiger partial charge in [0.15, 0.2) is 0 Å². The molecule has 0 amide bonds. The van der Waals surface area contributed by atoms with Crippen LogP contribution in [0.4, 0.5) is 6.01 Å². The minimum absolute atomic E-state index is 0.0979. The fourth-order valence-electron chi connectivity index (χ4n) is 3.54. The van der Waals surface area contributed by atoms with Gasteiger partial charge >= 0.3 is 6.01 Å². The number of fused-ring (bicyclic) bond motifs is 2. The Morgan fingerprint density at radius 2 is 1.92 bits per heavy atom. The quantitative estimate of drug-likeness (QED) is 0.603. The fourth-order valence-corrected chi connectivity index (χ4v) is 3.54. The lowest BCUT2D eigenvalue weighted by molar-refractivity contribution is 0.273. The summed E-state index contributed by atoms with van der Waals surface area (Å²) in [5, 5.41) is 12.9. The van der Waals surface area contributed by atoms with Crippen molar-refractivity contribution in [3.63, 3.8) is 0 Å². The summed E-state index contributed by atoms with van der Waals surface area (Å²) in [6, 6.07) is 16.7. The summed E-state index contributed by atoms with van der Waals surface area (Å²) >= 11 is 0. The number of rotatable bonds is 3. The second-order valence-electron chi connectivity index (χ2n) is 6.46. The molecule has 1 N–H and O–H groups in total. The smallest absolute Gasteiger partial charge is 0.316 e. The molecule has 6 heteroatoms. The molecule has 1 unspecified atom stereocenters. The second kappa shape index (κ2) is 5.91. The highest BCUT2D eigenvalue weighted by atomic mass is 16.5. The number of anilines is 1. The molecule has 5 rings (SSSR count). The number of benzene rings is 2. The van der Waals surface area contributed by atoms with E-state index in [4.69, 9.17) is 9.15 Å². The molecule has 26 heavy (non-hydrogen) atoms. The van der Waals surface area contributed by atoms with Crippen molar-refractivity contribution in [3.8, 4) is 17.2 Å². The van der Waals surface area contributed by atoms with Crippen molar-refractivity contribution in [2.75, 3.05) is 11.9 Å². The Balaban J connectivity index is 1.46. The number of aryl methyl sites for hydroxylation is 1. The van der Waals surface area contributed by atoms with Crippen LogP contribution in [0.5, 0.6) is 5.75 Å². The van der Waals surface area contributed by atoms with Gasteiger partial charge < -0.3 is 19.0 Å². The molecular weight excluding hydrogens is 328 g/mol. The highest BCUT2D eigenvalue weighted by Gasteiger charge is 2.23. The fraction of sp³-hybridized carbons (Fsp3) is 0.200. The summed E-state index contributed by atoms with van der Waals surface area (Å²) in [5.74, 6) is 1.43. The summed E-state index contributed by atoms with van der Waals surface area (Å²) in [6.07, 6.45) is 2.87. The lowest BCUT2D eigenvalue weighted by atomic mass is 10.0. The molecule has 0 radical (unpaired) electrons. The van der Waals surface area contributed by atoms with Crippen molar-refractivity contribution in [2.24, 2.45) is 7.05 Å². The van der Waals surface area contributed by atoms with Gasteiger partial charge in [-0.3, -0.25) is 0 Å². The van der Waals surface area contributed by atoms with E-state index in [9.17, 15) is 0 Å². The van der Waals surface area contributed by atoms with Crippen LogP contribution < -0.4 is 10.1 Å². The van der Waals surface area contributed by atoms with E-state index in [-0.39, 0.29) is 6.04 Å². The Kier molecular flexibility index (Phi) is 3.41. The average molecular weight is 346 g/mol. The highest BCUT2D eigenvalue weighted by Crippen LogP contribution is 2.35. The average Bonchev–Trinajstić information content (AvgIpc) is 3.27. The van der Waals surface area contributed by atoms with E-state index in [2.05, 4.69) is 38.3 Å². The number of aromatic nitrogens is 3. The van der Waals surface area contributed by atoms with Gasteiger partial charge in [0.05, 0.1) is 18.2 Å². The largest absolute Gasteiger partial charge is 0.493 e. The summed E-state index contributed by atoms with van der Waals surface area (Å²) in [4.78, 5) is 0. The zero-order valence-corrected chi connectivity index (χ0v) is 14.3. The zero-order chi connectivity index (χ0) is 17.5. The van der Waals surface area contributed by atoms with Crippen LogP contribution in [0.15, 0.2) is 59.1 Å². The minimum Gasteiger partial charge on any atom is -0.493 e. The summed E-state index contributed by atoms with van der Waals surface area (Å²) in [6.45, 7) is 0.666. The predicted octanol–water partition coefficient (Wildman–Crippen LogP) is 4.16. The molecular formula is C20H18N4O2. The zero-order valence-electron chi connectivity index (χ0n) is 14.3. The van der Waals surface area contributed by atoms with Crippen LogP contribution in [-0.2, 0) is 7.05 Å². The molecule has 130 valence electrons. The van der Waals surface area contributed by atoms with Crippen LogP contribution in [0.2, 0.25) is 0 Å². The number of hydrogen-bond donors (Lipinski definition) is 1. The number of hydrogen-bond acceptors (Lipinski definition) is 5. The van der Waals surface area contributed by atoms with E-state index in [1.807, 2.05) is 43.6 Å². The highest BCUT2D eigenvalue weighted by molar-refractivity contribution is 5.93. The monoisotopic (exact) mass is 346 g/mol. The summed E-state index contributed by atoms with van der Waals surface area (Å²) in [7, 11) is 2.01. The molecule has 0 spiro atoms. The number of nitrogens with one attached hydrogen (secondary N) is 1. The van der Waals surface area contributed by atoms with Crippen LogP contribution in [0.25, 0.3) is 22.4 Å². The van der Waals surface area contributed by atoms with Gasteiger partial charge in [-0.05, 0) is 12.1 Å². The molecule has 2 aromatic carbocycles. The molecule has 0 saturated carbocycles. The van der Waals surface area contributed by atoms with Gasteiger partial charge in [0.2, 0.25) is 0 Å². The Morgan fingerprint density at radius 3 is 2.88 bits per heavy atom. The third-order valence-electron chi connectivity index (χ3n) is 4.81. The van der Waals surface area contributed by atoms with Crippen LogP contribution in [0.3, 0.4) is 0 Å². The first-order chi connectivity index (χ1) is 12.8. The molecule has 1 aliphatic heterocycles. The molecule has 1 aliphatic rings. The van der Waals surface area contributed by atoms with Crippen molar-refractivity contribution >= 4 is 16.9 Å². The van der Waals surface area contributed by atoms with Crippen LogP contribution >= 0.6 is 0 Å². The van der Waals surface area contributed by atoms with Gasteiger partial charge in [-0.25, -0.2) is 0 Å². The summed E-state index contributed by atoms with van der Waals surface area (Å²) < 4.78 is 13.7. The SMILES string of the molecule is Cn1cc(-c2nnc(NC3CCOc4ccccc43)o2)c2ccccc21. The molecule has 0 fully saturated rings. The van der Waals surface area contributed by atoms with Crippen molar-refractivity contribution < 1.29 is 9.15 Å². The topological polar surface area (TPSA) is 65.1 Å². The van der Waals surface area contributed by atoms with Gasteiger partial charge in [-0.2, -0.15) is 0 Å². The molecule has 4 aromatic rings. The van der Waals surface area contributed by atoms with E-state index in [1.165, 1.54) is 0 Å². The van der Waals surface area contributed by atoms with E-state index in [1.54, 1.807) is 0 Å². The van der Waals surface area contributed by atoms with E-state index >= 15 is 0 Å². The molecule has 0 bridgehead atoms. The predicted molar refractivity (Wildman–Crippen MR) is 99.1 cm³/mol. The van der Waals surface area contributed by atoms with Crippen LogP contribution in [0.1, 0.15) is 18.0 Å². The van der Waals surface area contributed by atoms with E-state index in [0.717, 1.165) is 34.2 Å². The Morgan fingerprint density at radius 1 is 1.08 bits per heavy atom. The van der Waals surface area contributed by atoms with Gasteiger partial charge in [0, 0.05) is 36.1 Å². The lowest BCUT2D eigenvalue weighted by Gasteiger charge is -2.25. The van der Waals surface area contributed by atoms with Gasteiger partial charge in [0.25, 0.3) is 5.89 Å². The van der Waals surface area contributed by atoms with Gasteiger partial charge in [0.1, 0.15) is 5.75 Å². The van der Waals surface area contributed by atoms with Crippen LogP contribution in [-0.4, -0.2) is 21.4 Å². The molecule has 3 heterocycles. The third kappa shape index (κ3) is 2.42. The first-order valence-electron chi connectivity index (χ1n) is 8.66. The maximum Gasteiger partial charge on any atom is 0.316 e. The second-order valence-corrected chi connectivity index (χ2v) is 6.46. The van der Waals surface area contributed by atoms with Crippen LogP contribution in [0, 0.1) is 0 Å². The normalized spacial score (nSPS) is 16.3. The minimum atomic E-state index is 0.0979. The molecule has 2 aromatic heterocycles. The Hall–Kier alpha value is -3.28. The van der Waals surface area contributed by atoms with Crippen molar-refractivity contribution in [3.05, 3.63) is 60.3 Å². The summed E-state index contributed by atoms with van der Waals surface area (Å²) in [5.41, 5.74) is 3.19. The maximum absolute atomic E-state index is 5.92. The Bertz CT molecular complexity index is 1080. The van der Waals surface area contributed by atoms with Gasteiger partial charge in [-0.1, -0.05) is 41.5 Å². The van der Waals surface area contributed by atoms with E-state index < -0.39 is 0 Å². The first-order valence-corrected chi connectivity index (χ1v) is 8.66. The molecule has 6 nitrogen and oxygen atoms in total. The van der Waals surface area contributed by atoms with Gasteiger partial charge in [-0.15, -0.1) is 5.10 Å². The van der Waals surface area contributed by atoms with Crippen molar-refractivity contribution in [2.45, 2.75) is 12.5 Å². The van der Waals surface area contributed by atoms with E-state index in [0.29, 0.717) is 18.5 Å². The third-order valence-corrected chi connectivity index (χ3v) is 4.81. The number of nitrogens with zero attached hydrogens (tertiary/aromatic N) is 3. The standard InChI is InChI=1S/C20H18N4O2/c1-24-12-15(13-6-2-4-8-17(13)24)19-22-23-20(26-19)21-16-10-11-25-18-9-5-3-7-14(16)18/h2-9,12,16H,10-11H2,1H3,(H,21,23). The van der Waals surface area contributed by atoms with Crippen molar-refractivity contribution in [1.29, 1.82) is 0 Å². The first kappa shape index (κ1) is 15.0. The number of para-hydroxylation sites is 2. The molecule has 1 atom stereocenters. The Labute approximate surface area is 150 Å². The lowest BCUT2D eigenvalue weighted by Crippen LogP contribution is -2.20. The maximum atomic E-state index is 5.92. The molecule has 0 aliphatic carbocycles. The number of ether oxygens (including phenoxy) is 1.